The minimum Gasteiger partial charge on any atom is -0.363 e. The predicted molar refractivity (Wildman–Crippen MR) is 78.8 cm³/mol. The summed E-state index contributed by atoms with van der Waals surface area (Å²) in [6, 6.07) is 7.41. The smallest absolute Gasteiger partial charge is 0.363 e. The molecule has 1 aliphatic rings. The summed E-state index contributed by atoms with van der Waals surface area (Å²) < 4.78 is 40.8. The van der Waals surface area contributed by atoms with Gasteiger partial charge in [0.15, 0.2) is 6.04 Å². The summed E-state index contributed by atoms with van der Waals surface area (Å²) in [6.07, 6.45) is -2.97. The van der Waals surface area contributed by atoms with Crippen LogP contribution in [0.25, 0.3) is 0 Å². The fraction of sp³-hybridized carbons (Fsp3) is 0.438. The molecule has 1 aromatic carbocycles. The largest absolute Gasteiger partial charge is 0.410 e. The van der Waals surface area contributed by atoms with Gasteiger partial charge in [0.25, 0.3) is 0 Å². The molecule has 1 aliphatic heterocycles. The zero-order valence-electron chi connectivity index (χ0n) is 12.4. The number of alkyl halides is 3. The topological polar surface area (TPSA) is 29.9 Å². The minimum absolute atomic E-state index is 0.0563. The molecule has 0 bridgehead atoms. The third kappa shape index (κ3) is 2.69. The van der Waals surface area contributed by atoms with Gasteiger partial charge in [-0.2, -0.15) is 18.3 Å². The maximum atomic E-state index is 13.3. The van der Waals surface area contributed by atoms with Crippen molar-refractivity contribution in [1.29, 1.82) is 0 Å². The van der Waals surface area contributed by atoms with Crippen molar-refractivity contribution < 1.29 is 13.2 Å². The number of fused-ring (bicyclic) bond motifs is 1. The average Bonchev–Trinajstić information content (AvgIpc) is 2.93. The molecule has 0 aliphatic carbocycles. The highest BCUT2D eigenvalue weighted by Gasteiger charge is 2.46. The molecule has 0 amide bonds. The van der Waals surface area contributed by atoms with Gasteiger partial charge in [-0.1, -0.05) is 38.1 Å². The molecule has 0 saturated heterocycles. The van der Waals surface area contributed by atoms with Gasteiger partial charge < -0.3 is 5.32 Å². The van der Waals surface area contributed by atoms with E-state index in [2.05, 4.69) is 24.3 Å². The van der Waals surface area contributed by atoms with Crippen LogP contribution in [0.1, 0.15) is 49.4 Å². The van der Waals surface area contributed by atoms with E-state index in [1.54, 1.807) is 6.07 Å². The molecule has 3 rings (SSSR count). The van der Waals surface area contributed by atoms with E-state index < -0.39 is 12.2 Å². The first-order valence-corrected chi connectivity index (χ1v) is 7.33. The van der Waals surface area contributed by atoms with E-state index in [9.17, 15) is 13.2 Å². The number of nitrogens with one attached hydrogen (secondary N) is 1. The maximum absolute atomic E-state index is 13.3. The molecular weight excluding hydrogens is 291 g/mol. The minimum atomic E-state index is -4.31. The standard InChI is InChI=1S/C16H18F3N3/c1-10(2)11-3-5-12(6-4-11)13-9-14(16(17,18)19)22-15(21-13)7-8-20-22/h3-8,10,13-14,21H,9H2,1-2H3/t13-,14-/m0/s1. The van der Waals surface area contributed by atoms with Crippen molar-refractivity contribution in [3.05, 3.63) is 47.7 Å². The van der Waals surface area contributed by atoms with Crippen LogP contribution in [0.5, 0.6) is 0 Å². The molecule has 0 radical (unpaired) electrons. The predicted octanol–water partition coefficient (Wildman–Crippen LogP) is 4.67. The van der Waals surface area contributed by atoms with Gasteiger partial charge >= 0.3 is 6.18 Å². The van der Waals surface area contributed by atoms with E-state index in [-0.39, 0.29) is 12.5 Å². The second-order valence-electron chi connectivity index (χ2n) is 5.97. The van der Waals surface area contributed by atoms with Crippen LogP contribution in [-0.4, -0.2) is 16.0 Å². The van der Waals surface area contributed by atoms with Gasteiger partial charge in [0, 0.05) is 12.5 Å². The average molecular weight is 309 g/mol. The molecule has 3 nitrogen and oxygen atoms in total. The Bertz CT molecular complexity index is 643. The molecule has 0 spiro atoms. The lowest BCUT2D eigenvalue weighted by molar-refractivity contribution is -0.173. The Morgan fingerprint density at radius 2 is 1.86 bits per heavy atom. The first-order valence-electron chi connectivity index (χ1n) is 7.33. The van der Waals surface area contributed by atoms with Crippen LogP contribution >= 0.6 is 0 Å². The summed E-state index contributed by atoms with van der Waals surface area (Å²) in [7, 11) is 0. The molecule has 2 atom stereocenters. The van der Waals surface area contributed by atoms with Crippen LogP contribution in [0.2, 0.25) is 0 Å². The fourth-order valence-electron chi connectivity index (χ4n) is 2.84. The maximum Gasteiger partial charge on any atom is 0.410 e. The summed E-state index contributed by atoms with van der Waals surface area (Å²) in [5, 5.41) is 6.95. The third-order valence-electron chi connectivity index (χ3n) is 4.13. The molecule has 0 fully saturated rings. The van der Waals surface area contributed by atoms with Crippen LogP contribution in [0.3, 0.4) is 0 Å². The summed E-state index contributed by atoms with van der Waals surface area (Å²) in [4.78, 5) is 0. The molecule has 1 N–H and O–H groups in total. The van der Waals surface area contributed by atoms with Crippen LogP contribution in [0, 0.1) is 0 Å². The zero-order chi connectivity index (χ0) is 15.9. The second kappa shape index (κ2) is 5.34. The van der Waals surface area contributed by atoms with Crippen LogP contribution in [-0.2, 0) is 0 Å². The number of halogens is 3. The van der Waals surface area contributed by atoms with Gasteiger partial charge in [0.05, 0.1) is 12.2 Å². The molecule has 2 aromatic rings. The molecule has 22 heavy (non-hydrogen) atoms. The van der Waals surface area contributed by atoms with Crippen molar-refractivity contribution in [3.63, 3.8) is 0 Å². The number of anilines is 1. The van der Waals surface area contributed by atoms with Gasteiger partial charge in [-0.05, 0) is 17.0 Å². The van der Waals surface area contributed by atoms with E-state index in [4.69, 9.17) is 0 Å². The monoisotopic (exact) mass is 309 g/mol. The lowest BCUT2D eigenvalue weighted by Gasteiger charge is -2.33. The molecule has 0 saturated carbocycles. The molecule has 118 valence electrons. The highest BCUT2D eigenvalue weighted by Crippen LogP contribution is 2.43. The summed E-state index contributed by atoms with van der Waals surface area (Å²) >= 11 is 0. The zero-order valence-corrected chi connectivity index (χ0v) is 12.4. The Hall–Kier alpha value is -1.98. The van der Waals surface area contributed by atoms with Gasteiger partial charge in [0.2, 0.25) is 0 Å². The normalized spacial score (nSPS) is 21.5. The Morgan fingerprint density at radius 1 is 1.18 bits per heavy atom. The number of hydrogen-bond donors (Lipinski definition) is 1. The molecular formula is C16H18F3N3. The summed E-state index contributed by atoms with van der Waals surface area (Å²) in [5.41, 5.74) is 2.04. The Morgan fingerprint density at radius 3 is 2.45 bits per heavy atom. The third-order valence-corrected chi connectivity index (χ3v) is 4.13. The molecule has 6 heteroatoms. The Labute approximate surface area is 127 Å². The highest BCUT2D eigenvalue weighted by atomic mass is 19.4. The fourth-order valence-corrected chi connectivity index (χ4v) is 2.84. The number of rotatable bonds is 2. The van der Waals surface area contributed by atoms with E-state index in [1.807, 2.05) is 24.3 Å². The molecule has 1 aromatic heterocycles. The van der Waals surface area contributed by atoms with Gasteiger partial charge in [0.1, 0.15) is 5.82 Å². The van der Waals surface area contributed by atoms with Crippen LogP contribution in [0.15, 0.2) is 36.5 Å². The molecule has 2 heterocycles. The Balaban J connectivity index is 1.90. The van der Waals surface area contributed by atoms with Crippen molar-refractivity contribution in [2.75, 3.05) is 5.32 Å². The lowest BCUT2D eigenvalue weighted by Crippen LogP contribution is -2.35. The van der Waals surface area contributed by atoms with Crippen molar-refractivity contribution in [1.82, 2.24) is 9.78 Å². The lowest BCUT2D eigenvalue weighted by atomic mass is 9.94. The number of aromatic nitrogens is 2. The van der Waals surface area contributed by atoms with E-state index >= 15 is 0 Å². The highest BCUT2D eigenvalue weighted by molar-refractivity contribution is 5.42. The van der Waals surface area contributed by atoms with E-state index in [0.29, 0.717) is 11.7 Å². The van der Waals surface area contributed by atoms with Gasteiger partial charge in [-0.3, -0.25) is 0 Å². The Kier molecular flexibility index (Phi) is 3.62. The number of benzene rings is 1. The second-order valence-corrected chi connectivity index (χ2v) is 5.97. The first kappa shape index (κ1) is 14.9. The van der Waals surface area contributed by atoms with Gasteiger partial charge in [-0.15, -0.1) is 0 Å². The molecule has 0 unspecified atom stereocenters. The van der Waals surface area contributed by atoms with E-state index in [0.717, 1.165) is 10.2 Å². The number of nitrogens with zero attached hydrogens (tertiary/aromatic N) is 2. The summed E-state index contributed by atoms with van der Waals surface area (Å²) in [5.74, 6) is 0.809. The summed E-state index contributed by atoms with van der Waals surface area (Å²) in [6.45, 7) is 4.18. The van der Waals surface area contributed by atoms with Gasteiger partial charge in [-0.25, -0.2) is 4.68 Å². The van der Waals surface area contributed by atoms with E-state index in [1.165, 1.54) is 11.8 Å². The number of hydrogen-bond acceptors (Lipinski definition) is 2. The first-order chi connectivity index (χ1) is 10.4. The van der Waals surface area contributed by atoms with Crippen molar-refractivity contribution >= 4 is 5.82 Å². The SMILES string of the molecule is CC(C)c1ccc([C@@H]2C[C@@H](C(F)(F)F)n3nccc3N2)cc1. The van der Waals surface area contributed by atoms with Crippen molar-refractivity contribution in [2.45, 2.75) is 44.4 Å². The van der Waals surface area contributed by atoms with Crippen molar-refractivity contribution in [2.24, 2.45) is 0 Å². The quantitative estimate of drug-likeness (QED) is 0.874. The van der Waals surface area contributed by atoms with Crippen LogP contribution in [0.4, 0.5) is 19.0 Å². The van der Waals surface area contributed by atoms with Crippen LogP contribution < -0.4 is 5.32 Å². The van der Waals surface area contributed by atoms with Crippen molar-refractivity contribution in [3.8, 4) is 0 Å².